The quantitative estimate of drug-likeness (QED) is 0.778. The van der Waals surface area contributed by atoms with E-state index in [1.54, 1.807) is 0 Å². The number of nitrogen functional groups attached to an aromatic ring is 1. The molecule has 2 rings (SSSR count). The van der Waals surface area contributed by atoms with Crippen LogP contribution in [0.4, 0.5) is 24.5 Å². The molecule has 0 saturated carbocycles. The summed E-state index contributed by atoms with van der Waals surface area (Å²) in [6.07, 6.45) is -3.50. The van der Waals surface area contributed by atoms with Gasteiger partial charge in [-0.15, -0.1) is 0 Å². The van der Waals surface area contributed by atoms with Crippen LogP contribution in [-0.4, -0.2) is 38.1 Å². The maximum Gasteiger partial charge on any atom is 0.418 e. The van der Waals surface area contributed by atoms with Gasteiger partial charge in [-0.3, -0.25) is 0 Å². The predicted octanol–water partition coefficient (Wildman–Crippen LogP) is 2.11. The Kier molecular flexibility index (Phi) is 4.15. The molecule has 0 amide bonds. The number of halogens is 4. The van der Waals surface area contributed by atoms with Gasteiger partial charge in [0.15, 0.2) is 0 Å². The highest BCUT2D eigenvalue weighted by atomic mass is 79.9. The maximum absolute atomic E-state index is 13.0. The number of nitrogens with two attached hydrogens (primary N) is 1. The second-order valence-electron chi connectivity index (χ2n) is 4.84. The SMILES string of the molecule is CS(=O)(=O)N1CC(Nc2c(N)cc(Br)cc2C(F)(F)F)C1. The van der Waals surface area contributed by atoms with E-state index in [0.717, 1.165) is 12.3 Å². The lowest BCUT2D eigenvalue weighted by atomic mass is 10.1. The summed E-state index contributed by atoms with van der Waals surface area (Å²) in [4.78, 5) is 0. The summed E-state index contributed by atoms with van der Waals surface area (Å²) < 4.78 is 62.9. The Morgan fingerprint density at radius 2 is 1.95 bits per heavy atom. The van der Waals surface area contributed by atoms with Crippen LogP contribution in [-0.2, 0) is 16.2 Å². The molecule has 1 aromatic rings. The van der Waals surface area contributed by atoms with E-state index in [-0.39, 0.29) is 28.9 Å². The van der Waals surface area contributed by atoms with Gasteiger partial charge in [-0.2, -0.15) is 17.5 Å². The molecule has 1 aromatic carbocycles. The molecule has 0 spiro atoms. The van der Waals surface area contributed by atoms with Crippen molar-refractivity contribution in [2.45, 2.75) is 12.2 Å². The standard InChI is InChI=1S/C11H13BrF3N3O2S/c1-21(19,20)18-4-7(5-18)17-10-8(11(13,14)15)2-6(12)3-9(10)16/h2-3,7,17H,4-5,16H2,1H3. The highest BCUT2D eigenvalue weighted by Crippen LogP contribution is 2.40. The van der Waals surface area contributed by atoms with E-state index in [0.29, 0.717) is 0 Å². The minimum Gasteiger partial charge on any atom is -0.397 e. The van der Waals surface area contributed by atoms with Gasteiger partial charge in [0.2, 0.25) is 10.0 Å². The van der Waals surface area contributed by atoms with Crippen molar-refractivity contribution in [2.75, 3.05) is 30.4 Å². The second kappa shape index (κ2) is 5.33. The molecule has 0 aliphatic carbocycles. The van der Waals surface area contributed by atoms with Gasteiger partial charge in [-0.25, -0.2) is 8.42 Å². The molecule has 118 valence electrons. The zero-order chi connectivity index (χ0) is 16.0. The number of hydrogen-bond acceptors (Lipinski definition) is 4. The van der Waals surface area contributed by atoms with Gasteiger partial charge in [0.25, 0.3) is 0 Å². The molecule has 5 nitrogen and oxygen atoms in total. The van der Waals surface area contributed by atoms with Crippen molar-refractivity contribution in [1.29, 1.82) is 0 Å². The summed E-state index contributed by atoms with van der Waals surface area (Å²) >= 11 is 2.98. The van der Waals surface area contributed by atoms with Gasteiger partial charge >= 0.3 is 6.18 Å². The molecule has 1 aliphatic rings. The Bertz CT molecular complexity index is 657. The molecule has 1 heterocycles. The number of sulfonamides is 1. The Morgan fingerprint density at radius 3 is 2.43 bits per heavy atom. The first kappa shape index (κ1) is 16.4. The molecule has 1 fully saturated rings. The fourth-order valence-corrected chi connectivity index (χ4v) is 3.39. The molecule has 10 heteroatoms. The first-order valence-corrected chi connectivity index (χ1v) is 8.50. The molecule has 0 radical (unpaired) electrons. The van der Waals surface area contributed by atoms with Crippen LogP contribution < -0.4 is 11.1 Å². The van der Waals surface area contributed by atoms with Crippen LogP contribution in [0.1, 0.15) is 5.56 Å². The zero-order valence-electron chi connectivity index (χ0n) is 10.9. The molecule has 0 aromatic heterocycles. The number of nitrogens with zero attached hydrogens (tertiary/aromatic N) is 1. The van der Waals surface area contributed by atoms with E-state index in [9.17, 15) is 21.6 Å². The fraction of sp³-hybridized carbons (Fsp3) is 0.455. The average molecular weight is 388 g/mol. The molecular weight excluding hydrogens is 375 g/mol. The highest BCUT2D eigenvalue weighted by molar-refractivity contribution is 9.10. The summed E-state index contributed by atoms with van der Waals surface area (Å²) in [6.45, 7) is 0.233. The van der Waals surface area contributed by atoms with Crippen LogP contribution in [0.5, 0.6) is 0 Å². The Hall–Kier alpha value is -1.00. The maximum atomic E-state index is 13.0. The van der Waals surface area contributed by atoms with Crippen LogP contribution in [0, 0.1) is 0 Å². The Labute approximate surface area is 128 Å². The van der Waals surface area contributed by atoms with Gasteiger partial charge in [-0.1, -0.05) is 15.9 Å². The summed E-state index contributed by atoms with van der Waals surface area (Å²) in [5.41, 5.74) is 4.49. The minimum absolute atomic E-state index is 0.0468. The summed E-state index contributed by atoms with van der Waals surface area (Å²) in [5.74, 6) is 0. The lowest BCUT2D eigenvalue weighted by Crippen LogP contribution is -2.56. The lowest BCUT2D eigenvalue weighted by molar-refractivity contribution is -0.137. The number of rotatable bonds is 3. The van der Waals surface area contributed by atoms with E-state index in [4.69, 9.17) is 5.73 Å². The molecular formula is C11H13BrF3N3O2S. The topological polar surface area (TPSA) is 75.4 Å². The second-order valence-corrected chi connectivity index (χ2v) is 7.73. The van der Waals surface area contributed by atoms with Gasteiger partial charge in [-0.05, 0) is 12.1 Å². The van der Waals surface area contributed by atoms with Crippen LogP contribution >= 0.6 is 15.9 Å². The molecule has 3 N–H and O–H groups in total. The number of alkyl halides is 3. The normalized spacial score (nSPS) is 17.6. The molecule has 0 bridgehead atoms. The zero-order valence-corrected chi connectivity index (χ0v) is 13.3. The minimum atomic E-state index is -4.56. The third-order valence-electron chi connectivity index (χ3n) is 3.10. The van der Waals surface area contributed by atoms with E-state index in [1.807, 2.05) is 0 Å². The van der Waals surface area contributed by atoms with Crippen LogP contribution in [0.25, 0.3) is 0 Å². The number of nitrogens with one attached hydrogen (secondary N) is 1. The summed E-state index contributed by atoms with van der Waals surface area (Å²) in [7, 11) is -3.31. The monoisotopic (exact) mass is 387 g/mol. The largest absolute Gasteiger partial charge is 0.418 e. The smallest absolute Gasteiger partial charge is 0.397 e. The number of benzene rings is 1. The molecule has 1 saturated heterocycles. The van der Waals surface area contributed by atoms with E-state index in [2.05, 4.69) is 21.2 Å². The Balaban J connectivity index is 2.22. The van der Waals surface area contributed by atoms with Crippen molar-refractivity contribution >= 4 is 37.3 Å². The van der Waals surface area contributed by atoms with Gasteiger partial charge in [0.1, 0.15) is 0 Å². The Morgan fingerprint density at radius 1 is 1.38 bits per heavy atom. The number of anilines is 2. The van der Waals surface area contributed by atoms with Crippen LogP contribution in [0.15, 0.2) is 16.6 Å². The highest BCUT2D eigenvalue weighted by Gasteiger charge is 2.38. The third kappa shape index (κ3) is 3.61. The van der Waals surface area contributed by atoms with Gasteiger partial charge in [0.05, 0.1) is 29.2 Å². The number of hydrogen-bond donors (Lipinski definition) is 2. The fourth-order valence-electron chi connectivity index (χ4n) is 2.02. The van der Waals surface area contributed by atoms with Crippen molar-refractivity contribution in [3.05, 3.63) is 22.2 Å². The molecule has 21 heavy (non-hydrogen) atoms. The molecule has 1 aliphatic heterocycles. The first-order valence-electron chi connectivity index (χ1n) is 5.86. The van der Waals surface area contributed by atoms with E-state index >= 15 is 0 Å². The van der Waals surface area contributed by atoms with Crippen LogP contribution in [0.2, 0.25) is 0 Å². The predicted molar refractivity (Wildman–Crippen MR) is 77.4 cm³/mol. The van der Waals surface area contributed by atoms with Gasteiger partial charge < -0.3 is 11.1 Å². The summed E-state index contributed by atoms with van der Waals surface area (Å²) in [6, 6.07) is 1.90. The van der Waals surface area contributed by atoms with Crippen molar-refractivity contribution < 1.29 is 21.6 Å². The molecule has 0 unspecified atom stereocenters. The van der Waals surface area contributed by atoms with Crippen molar-refractivity contribution in [3.63, 3.8) is 0 Å². The van der Waals surface area contributed by atoms with E-state index in [1.165, 1.54) is 10.4 Å². The van der Waals surface area contributed by atoms with E-state index < -0.39 is 27.8 Å². The lowest BCUT2D eigenvalue weighted by Gasteiger charge is -2.38. The summed E-state index contributed by atoms with van der Waals surface area (Å²) in [5, 5.41) is 2.68. The first-order chi connectivity index (χ1) is 9.48. The van der Waals surface area contributed by atoms with Gasteiger partial charge in [0, 0.05) is 17.6 Å². The third-order valence-corrected chi connectivity index (χ3v) is 4.80. The van der Waals surface area contributed by atoms with Crippen molar-refractivity contribution in [2.24, 2.45) is 0 Å². The van der Waals surface area contributed by atoms with Crippen LogP contribution in [0.3, 0.4) is 0 Å². The molecule has 0 atom stereocenters. The van der Waals surface area contributed by atoms with Crippen molar-refractivity contribution in [1.82, 2.24) is 4.31 Å². The average Bonchev–Trinajstić information content (AvgIpc) is 2.20. The van der Waals surface area contributed by atoms with Crippen molar-refractivity contribution in [3.8, 4) is 0 Å².